The number of halogens is 1. The zero-order valence-electron chi connectivity index (χ0n) is 14.9. The quantitative estimate of drug-likeness (QED) is 0.550. The highest BCUT2D eigenvalue weighted by molar-refractivity contribution is 7.12. The highest BCUT2D eigenvalue weighted by Gasteiger charge is 2.29. The lowest BCUT2D eigenvalue weighted by Crippen LogP contribution is -2.15. The Balaban J connectivity index is 1.93. The third kappa shape index (κ3) is 2.47. The molecule has 2 heterocycles. The van der Waals surface area contributed by atoms with Crippen LogP contribution in [0.4, 0.5) is 4.39 Å². The monoisotopic (exact) mass is 380 g/mol. The summed E-state index contributed by atoms with van der Waals surface area (Å²) in [5.74, 6) is -0.446. The highest BCUT2D eigenvalue weighted by atomic mass is 32.1. The van der Waals surface area contributed by atoms with Crippen LogP contribution in [0, 0.1) is 19.7 Å². The van der Waals surface area contributed by atoms with Crippen molar-refractivity contribution >= 4 is 32.7 Å². The van der Waals surface area contributed by atoms with E-state index in [-0.39, 0.29) is 16.8 Å². The zero-order chi connectivity index (χ0) is 18.9. The van der Waals surface area contributed by atoms with Gasteiger partial charge in [0.15, 0.2) is 0 Å². The van der Waals surface area contributed by atoms with Crippen molar-refractivity contribution in [2.75, 3.05) is 0 Å². The summed E-state index contributed by atoms with van der Waals surface area (Å²) in [6, 6.07) is 9.25. The first kappa shape index (κ1) is 16.4. The molecule has 27 heavy (non-hydrogen) atoms. The molecule has 1 aliphatic carbocycles. The number of aromatic nitrogens is 2. The third-order valence-electron chi connectivity index (χ3n) is 5.16. The molecule has 6 heteroatoms. The van der Waals surface area contributed by atoms with Crippen LogP contribution in [-0.4, -0.2) is 8.94 Å². The lowest BCUT2D eigenvalue weighted by molar-refractivity contribution is 0.632. The predicted molar refractivity (Wildman–Crippen MR) is 107 cm³/mol. The molecule has 1 N–H and O–H groups in total. The topological polar surface area (TPSA) is 54.9 Å². The molecule has 0 saturated heterocycles. The second-order valence-electron chi connectivity index (χ2n) is 7.37. The molecule has 1 fully saturated rings. The average Bonchev–Trinajstić information content (AvgIpc) is 3.37. The van der Waals surface area contributed by atoms with Gasteiger partial charge in [-0.2, -0.15) is 0 Å². The zero-order valence-corrected chi connectivity index (χ0v) is 15.7. The summed E-state index contributed by atoms with van der Waals surface area (Å²) in [6.45, 7) is 3.97. The van der Waals surface area contributed by atoms with Gasteiger partial charge in [0, 0.05) is 17.0 Å². The minimum absolute atomic E-state index is 0.137. The third-order valence-corrected chi connectivity index (χ3v) is 6.04. The van der Waals surface area contributed by atoms with Gasteiger partial charge in [-0.25, -0.2) is 4.39 Å². The lowest BCUT2D eigenvalue weighted by atomic mass is 9.98. The van der Waals surface area contributed by atoms with E-state index in [0.717, 1.165) is 29.5 Å². The molecule has 4 nitrogen and oxygen atoms in total. The van der Waals surface area contributed by atoms with Gasteiger partial charge in [-0.3, -0.25) is 14.0 Å². The number of benzene rings is 2. The SMILES string of the molecule is Cc1cc(C)cc(-c2cc3c(cc2F)c(=O)c2c(=O)[nH]sc2n3C2CC2)c1. The number of aryl methyl sites for hydroxylation is 2. The first-order valence-corrected chi connectivity index (χ1v) is 9.73. The van der Waals surface area contributed by atoms with E-state index in [9.17, 15) is 14.0 Å². The maximum absolute atomic E-state index is 15.0. The van der Waals surface area contributed by atoms with Crippen LogP contribution in [0.15, 0.2) is 39.9 Å². The number of hydrogen-bond donors (Lipinski definition) is 1. The minimum atomic E-state index is -0.446. The lowest BCUT2D eigenvalue weighted by Gasteiger charge is -2.14. The molecule has 0 amide bonds. The molecule has 2 aromatic carbocycles. The molecular weight excluding hydrogens is 363 g/mol. The van der Waals surface area contributed by atoms with E-state index in [1.165, 1.54) is 17.6 Å². The largest absolute Gasteiger partial charge is 0.328 e. The molecule has 0 unspecified atom stereocenters. The maximum atomic E-state index is 15.0. The molecule has 0 spiro atoms. The van der Waals surface area contributed by atoms with E-state index in [4.69, 9.17) is 0 Å². The van der Waals surface area contributed by atoms with Gasteiger partial charge in [0.2, 0.25) is 5.43 Å². The van der Waals surface area contributed by atoms with Crippen molar-refractivity contribution in [1.29, 1.82) is 0 Å². The van der Waals surface area contributed by atoms with Gasteiger partial charge in [-0.05, 0) is 55.9 Å². The first-order chi connectivity index (χ1) is 12.9. The summed E-state index contributed by atoms with van der Waals surface area (Å²) in [7, 11) is 0. The number of nitrogens with one attached hydrogen (secondary N) is 1. The van der Waals surface area contributed by atoms with Gasteiger partial charge in [0.1, 0.15) is 16.0 Å². The van der Waals surface area contributed by atoms with Crippen LogP contribution in [0.2, 0.25) is 0 Å². The van der Waals surface area contributed by atoms with Gasteiger partial charge in [-0.1, -0.05) is 29.3 Å². The highest BCUT2D eigenvalue weighted by Crippen LogP contribution is 2.40. The Kier molecular flexibility index (Phi) is 3.43. The summed E-state index contributed by atoms with van der Waals surface area (Å²) in [6.07, 6.45) is 1.99. The number of H-pyrrole nitrogens is 1. The van der Waals surface area contributed by atoms with E-state index in [0.29, 0.717) is 15.9 Å². The minimum Gasteiger partial charge on any atom is -0.328 e. The van der Waals surface area contributed by atoms with Crippen molar-refractivity contribution in [3.63, 3.8) is 0 Å². The Hall–Kier alpha value is -2.73. The summed E-state index contributed by atoms with van der Waals surface area (Å²) in [5.41, 5.74) is 3.29. The predicted octanol–water partition coefficient (Wildman–Crippen LogP) is 4.66. The fraction of sp³-hybridized carbons (Fsp3) is 0.238. The van der Waals surface area contributed by atoms with Crippen LogP contribution in [0.5, 0.6) is 0 Å². The molecule has 1 saturated carbocycles. The Bertz CT molecular complexity index is 1340. The van der Waals surface area contributed by atoms with Crippen molar-refractivity contribution < 1.29 is 4.39 Å². The summed E-state index contributed by atoms with van der Waals surface area (Å²) < 4.78 is 19.7. The van der Waals surface area contributed by atoms with Gasteiger partial charge >= 0.3 is 0 Å². The number of hydrogen-bond acceptors (Lipinski definition) is 3. The second kappa shape index (κ2) is 5.63. The standard InChI is InChI=1S/C21H17FN2O2S/c1-10-5-11(2)7-12(6-10)14-9-17-15(8-16(14)22)19(25)18-20(26)23-27-21(18)24(17)13-3-4-13/h5-9,13H,3-4H2,1-2H3,(H,23,26). The average molecular weight is 380 g/mol. The number of nitrogens with zero attached hydrogens (tertiary/aromatic N) is 1. The first-order valence-electron chi connectivity index (χ1n) is 8.91. The Labute approximate surface area is 158 Å². The number of rotatable bonds is 2. The van der Waals surface area contributed by atoms with Crippen molar-refractivity contribution in [3.8, 4) is 11.1 Å². The Morgan fingerprint density at radius 3 is 2.44 bits per heavy atom. The molecule has 5 rings (SSSR count). The van der Waals surface area contributed by atoms with Gasteiger partial charge < -0.3 is 4.57 Å². The van der Waals surface area contributed by atoms with Crippen molar-refractivity contribution in [2.24, 2.45) is 0 Å². The molecule has 136 valence electrons. The van der Waals surface area contributed by atoms with E-state index < -0.39 is 16.8 Å². The summed E-state index contributed by atoms with van der Waals surface area (Å²) in [4.78, 5) is 25.7. The normalized spacial score (nSPS) is 14.3. The smallest absolute Gasteiger partial charge is 0.271 e. The van der Waals surface area contributed by atoms with E-state index in [1.54, 1.807) is 6.07 Å². The van der Waals surface area contributed by atoms with Crippen LogP contribution in [-0.2, 0) is 0 Å². The van der Waals surface area contributed by atoms with Gasteiger partial charge in [-0.15, -0.1) is 0 Å². The Morgan fingerprint density at radius 2 is 1.78 bits per heavy atom. The number of pyridine rings is 1. The van der Waals surface area contributed by atoms with Crippen LogP contribution in [0.25, 0.3) is 32.2 Å². The molecule has 0 aliphatic heterocycles. The molecule has 2 aromatic heterocycles. The molecule has 4 aromatic rings. The summed E-state index contributed by atoms with van der Waals surface area (Å²) >= 11 is 1.18. The van der Waals surface area contributed by atoms with Gasteiger partial charge in [0.05, 0.1) is 5.52 Å². The van der Waals surface area contributed by atoms with Crippen molar-refractivity contribution in [2.45, 2.75) is 32.7 Å². The van der Waals surface area contributed by atoms with E-state index in [1.807, 2.05) is 36.6 Å². The van der Waals surface area contributed by atoms with Crippen molar-refractivity contribution in [3.05, 3.63) is 67.9 Å². The van der Waals surface area contributed by atoms with Crippen LogP contribution < -0.4 is 11.0 Å². The fourth-order valence-electron chi connectivity index (χ4n) is 3.90. The molecular formula is C21H17FN2O2S. The van der Waals surface area contributed by atoms with Crippen LogP contribution >= 0.6 is 11.5 Å². The summed E-state index contributed by atoms with van der Waals surface area (Å²) in [5, 5.41) is 0.405. The molecule has 1 aliphatic rings. The van der Waals surface area contributed by atoms with Crippen LogP contribution in [0.3, 0.4) is 0 Å². The van der Waals surface area contributed by atoms with E-state index in [2.05, 4.69) is 4.37 Å². The van der Waals surface area contributed by atoms with E-state index >= 15 is 0 Å². The molecule has 0 radical (unpaired) electrons. The maximum Gasteiger partial charge on any atom is 0.271 e. The number of fused-ring (bicyclic) bond motifs is 2. The van der Waals surface area contributed by atoms with Gasteiger partial charge in [0.25, 0.3) is 5.56 Å². The second-order valence-corrected chi connectivity index (χ2v) is 8.16. The molecule has 0 bridgehead atoms. The molecule has 0 atom stereocenters. The fourth-order valence-corrected chi connectivity index (χ4v) is 4.82. The number of aromatic amines is 1. The van der Waals surface area contributed by atoms with Crippen LogP contribution in [0.1, 0.15) is 30.0 Å². The van der Waals surface area contributed by atoms with Crippen molar-refractivity contribution in [1.82, 2.24) is 8.94 Å². The Morgan fingerprint density at radius 1 is 1.07 bits per heavy atom.